The van der Waals surface area contributed by atoms with Gasteiger partial charge < -0.3 is 10.6 Å². The van der Waals surface area contributed by atoms with Crippen molar-refractivity contribution in [2.75, 3.05) is 10.6 Å². The van der Waals surface area contributed by atoms with Crippen molar-refractivity contribution in [3.05, 3.63) is 10.3 Å². The van der Waals surface area contributed by atoms with Gasteiger partial charge in [-0.1, -0.05) is 13.8 Å². The summed E-state index contributed by atoms with van der Waals surface area (Å²) in [4.78, 5) is 33.8. The number of hydrogen-bond donors (Lipinski definition) is 2. The third-order valence-corrected chi connectivity index (χ3v) is 3.02. The van der Waals surface area contributed by atoms with Gasteiger partial charge >= 0.3 is 0 Å². The average Bonchev–Trinajstić information content (AvgIpc) is 2.71. The number of anilines is 2. The second-order valence-corrected chi connectivity index (χ2v) is 4.22. The van der Waals surface area contributed by atoms with E-state index in [0.29, 0.717) is 35.4 Å². The van der Waals surface area contributed by atoms with Crippen LogP contribution >= 0.6 is 11.3 Å². The predicted octanol–water partition coefficient (Wildman–Crippen LogP) is 2.26. The van der Waals surface area contributed by atoms with Crippen molar-refractivity contribution >= 4 is 40.8 Å². The summed E-state index contributed by atoms with van der Waals surface area (Å²) in [6.07, 6.45) is 1.32. The molecule has 0 aliphatic carbocycles. The van der Waals surface area contributed by atoms with Gasteiger partial charge in [-0.15, -0.1) is 11.3 Å². The second kappa shape index (κ2) is 6.15. The summed E-state index contributed by atoms with van der Waals surface area (Å²) in [5.74, 6) is -0.356. The van der Waals surface area contributed by atoms with Gasteiger partial charge in [-0.25, -0.2) is 0 Å². The zero-order valence-corrected chi connectivity index (χ0v) is 10.5. The highest BCUT2D eigenvalue weighted by atomic mass is 32.1. The highest BCUT2D eigenvalue weighted by Gasteiger charge is 2.14. The Labute approximate surface area is 103 Å². The lowest BCUT2D eigenvalue weighted by molar-refractivity contribution is -0.116. The largest absolute Gasteiger partial charge is 0.324 e. The number of amides is 2. The minimum Gasteiger partial charge on any atom is -0.324 e. The number of aldehydes is 1. The molecule has 1 heterocycles. The molecule has 0 aromatic carbocycles. The van der Waals surface area contributed by atoms with Gasteiger partial charge in [-0.2, -0.15) is 0 Å². The maximum absolute atomic E-state index is 11.3. The Hall–Kier alpha value is -1.69. The van der Waals surface area contributed by atoms with Gasteiger partial charge in [0, 0.05) is 18.2 Å². The molecular weight excluding hydrogens is 240 g/mol. The average molecular weight is 254 g/mol. The Morgan fingerprint density at radius 2 is 1.82 bits per heavy atom. The number of nitrogens with one attached hydrogen (secondary N) is 2. The molecule has 0 bridgehead atoms. The first-order chi connectivity index (χ1) is 8.12. The fourth-order valence-corrected chi connectivity index (χ4v) is 1.90. The molecule has 0 aliphatic rings. The molecule has 0 unspecified atom stereocenters. The number of thiophene rings is 1. The molecule has 17 heavy (non-hydrogen) atoms. The quantitative estimate of drug-likeness (QED) is 0.791. The van der Waals surface area contributed by atoms with Crippen molar-refractivity contribution in [2.24, 2.45) is 0 Å². The zero-order chi connectivity index (χ0) is 12.8. The smallest absolute Gasteiger partial charge is 0.224 e. The molecule has 0 saturated carbocycles. The van der Waals surface area contributed by atoms with E-state index < -0.39 is 0 Å². The molecule has 0 aliphatic heterocycles. The molecular formula is C11H14N2O3S. The molecule has 1 rings (SSSR count). The first-order valence-electron chi connectivity index (χ1n) is 5.28. The Bertz CT molecular complexity index is 440. The van der Waals surface area contributed by atoms with E-state index in [1.165, 1.54) is 11.3 Å². The van der Waals surface area contributed by atoms with Crippen LogP contribution < -0.4 is 10.6 Å². The van der Waals surface area contributed by atoms with E-state index in [1.807, 2.05) is 0 Å². The van der Waals surface area contributed by atoms with Crippen LogP contribution in [0, 0.1) is 0 Å². The van der Waals surface area contributed by atoms with Crippen LogP contribution in [0.4, 0.5) is 11.4 Å². The highest BCUT2D eigenvalue weighted by molar-refractivity contribution is 7.13. The molecule has 0 atom stereocenters. The van der Waals surface area contributed by atoms with E-state index in [2.05, 4.69) is 10.6 Å². The van der Waals surface area contributed by atoms with Crippen LogP contribution in [0.25, 0.3) is 0 Å². The van der Waals surface area contributed by atoms with Gasteiger partial charge in [-0.3, -0.25) is 14.4 Å². The SMILES string of the molecule is CCC(=O)Nc1csc(C=O)c1NC(=O)CC. The molecule has 1 aromatic heterocycles. The van der Waals surface area contributed by atoms with Crippen LogP contribution in [-0.2, 0) is 9.59 Å². The summed E-state index contributed by atoms with van der Waals surface area (Å²) in [6, 6.07) is 0. The van der Waals surface area contributed by atoms with Crippen molar-refractivity contribution in [3.8, 4) is 0 Å². The molecule has 0 saturated heterocycles. The number of carbonyl (C=O) groups is 3. The van der Waals surface area contributed by atoms with E-state index in [1.54, 1.807) is 19.2 Å². The fraction of sp³-hybridized carbons (Fsp3) is 0.364. The van der Waals surface area contributed by atoms with Crippen molar-refractivity contribution in [1.82, 2.24) is 0 Å². The highest BCUT2D eigenvalue weighted by Crippen LogP contribution is 2.31. The topological polar surface area (TPSA) is 75.3 Å². The molecule has 5 nitrogen and oxygen atoms in total. The first-order valence-corrected chi connectivity index (χ1v) is 6.16. The maximum atomic E-state index is 11.3. The lowest BCUT2D eigenvalue weighted by atomic mass is 10.3. The normalized spacial score (nSPS) is 9.76. The molecule has 0 radical (unpaired) electrons. The molecule has 2 amide bonds. The monoisotopic (exact) mass is 254 g/mol. The fourth-order valence-electron chi connectivity index (χ4n) is 1.15. The Kier molecular flexibility index (Phi) is 4.84. The van der Waals surface area contributed by atoms with E-state index in [9.17, 15) is 14.4 Å². The second-order valence-electron chi connectivity index (χ2n) is 3.31. The summed E-state index contributed by atoms with van der Waals surface area (Å²) in [5, 5.41) is 6.90. The third kappa shape index (κ3) is 3.39. The van der Waals surface area contributed by atoms with Gasteiger partial charge in [0.1, 0.15) is 0 Å². The van der Waals surface area contributed by atoms with Crippen LogP contribution in [0.3, 0.4) is 0 Å². The van der Waals surface area contributed by atoms with E-state index in [-0.39, 0.29) is 11.8 Å². The zero-order valence-electron chi connectivity index (χ0n) is 9.70. The minimum absolute atomic E-state index is 0.160. The lowest BCUT2D eigenvalue weighted by Gasteiger charge is -2.07. The van der Waals surface area contributed by atoms with Crippen molar-refractivity contribution in [2.45, 2.75) is 26.7 Å². The van der Waals surface area contributed by atoms with Gasteiger partial charge in [0.15, 0.2) is 6.29 Å². The Morgan fingerprint density at radius 3 is 2.35 bits per heavy atom. The van der Waals surface area contributed by atoms with Crippen LogP contribution in [0.2, 0.25) is 0 Å². The Balaban J connectivity index is 2.97. The summed E-state index contributed by atoms with van der Waals surface area (Å²) >= 11 is 1.18. The van der Waals surface area contributed by atoms with E-state index in [0.717, 1.165) is 0 Å². The van der Waals surface area contributed by atoms with E-state index >= 15 is 0 Å². The molecule has 1 aromatic rings. The number of carbonyl (C=O) groups excluding carboxylic acids is 3. The summed E-state index contributed by atoms with van der Waals surface area (Å²) < 4.78 is 0. The van der Waals surface area contributed by atoms with Gasteiger partial charge in [-0.05, 0) is 0 Å². The van der Waals surface area contributed by atoms with Crippen LogP contribution in [-0.4, -0.2) is 18.1 Å². The summed E-state index contributed by atoms with van der Waals surface area (Å²) in [6.45, 7) is 3.44. The van der Waals surface area contributed by atoms with Crippen molar-refractivity contribution < 1.29 is 14.4 Å². The van der Waals surface area contributed by atoms with Gasteiger partial charge in [0.2, 0.25) is 11.8 Å². The molecule has 6 heteroatoms. The van der Waals surface area contributed by atoms with Gasteiger partial charge in [0.05, 0.1) is 16.3 Å². The van der Waals surface area contributed by atoms with Gasteiger partial charge in [0.25, 0.3) is 0 Å². The molecule has 0 fully saturated rings. The standard InChI is InChI=1S/C11H14N2O3S/c1-3-9(15)12-7-6-17-8(5-14)11(7)13-10(16)4-2/h5-6H,3-4H2,1-2H3,(H,12,15)(H,13,16). The third-order valence-electron chi connectivity index (χ3n) is 2.11. The minimum atomic E-state index is -0.196. The van der Waals surface area contributed by atoms with Crippen molar-refractivity contribution in [3.63, 3.8) is 0 Å². The maximum Gasteiger partial charge on any atom is 0.224 e. The molecule has 92 valence electrons. The summed E-state index contributed by atoms with van der Waals surface area (Å²) in [5.41, 5.74) is 0.865. The lowest BCUT2D eigenvalue weighted by Crippen LogP contribution is -2.14. The predicted molar refractivity (Wildman–Crippen MR) is 67.5 cm³/mol. The molecule has 2 N–H and O–H groups in total. The summed E-state index contributed by atoms with van der Waals surface area (Å²) in [7, 11) is 0. The Morgan fingerprint density at radius 1 is 1.24 bits per heavy atom. The first kappa shape index (κ1) is 13.4. The van der Waals surface area contributed by atoms with Crippen LogP contribution in [0.15, 0.2) is 5.38 Å². The van der Waals surface area contributed by atoms with E-state index in [4.69, 9.17) is 0 Å². The number of rotatable bonds is 5. The molecule has 0 spiro atoms. The van der Waals surface area contributed by atoms with Crippen LogP contribution in [0.1, 0.15) is 36.4 Å². The number of hydrogen-bond acceptors (Lipinski definition) is 4. The van der Waals surface area contributed by atoms with Crippen LogP contribution in [0.5, 0.6) is 0 Å². The van der Waals surface area contributed by atoms with Crippen molar-refractivity contribution in [1.29, 1.82) is 0 Å².